The molecule has 1 N–H and O–H groups in total. The molecule has 2 aromatic carbocycles. The normalized spacial score (nSPS) is 33.6. The van der Waals surface area contributed by atoms with Crippen molar-refractivity contribution in [1.82, 2.24) is 4.90 Å². The molecule has 3 fully saturated rings. The van der Waals surface area contributed by atoms with Crippen LogP contribution in [0.5, 0.6) is 5.75 Å². The Hall–Kier alpha value is -3.49. The number of carbonyl (C=O) groups excluding carboxylic acids is 4. The Labute approximate surface area is 233 Å². The molecule has 10 heteroatoms. The van der Waals surface area contributed by atoms with E-state index in [9.17, 15) is 28.7 Å². The van der Waals surface area contributed by atoms with Crippen LogP contribution in [0.2, 0.25) is 0 Å². The number of fused-ring (bicyclic) bond motifs is 4. The number of imide groups is 2. The quantitative estimate of drug-likeness (QED) is 0.337. The summed E-state index contributed by atoms with van der Waals surface area (Å²) in [5.74, 6) is -7.14. The molecule has 1 saturated carbocycles. The van der Waals surface area contributed by atoms with E-state index in [1.165, 1.54) is 13.1 Å². The SMILES string of the molecule is C=Cc1ccc(N2C(=O)[C@H]3[C@H](CC=C4[C@H]3C[C@@]3(Cl)C(=O)N(C)C(=O)[C@@]3(Cl)[C@H]4c3ccc(O)c(F)c3)C2=O)cc1. The zero-order valence-corrected chi connectivity index (χ0v) is 22.2. The molecule has 200 valence electrons. The zero-order chi connectivity index (χ0) is 28.0. The number of benzene rings is 2. The van der Waals surface area contributed by atoms with Crippen molar-refractivity contribution in [3.8, 4) is 5.75 Å². The maximum Gasteiger partial charge on any atom is 0.253 e. The summed E-state index contributed by atoms with van der Waals surface area (Å²) in [6, 6.07) is 10.5. The van der Waals surface area contributed by atoms with Gasteiger partial charge >= 0.3 is 0 Å². The molecule has 2 saturated heterocycles. The number of aromatic hydroxyl groups is 1. The average Bonchev–Trinajstić information content (AvgIpc) is 3.25. The van der Waals surface area contributed by atoms with Crippen LogP contribution in [0.25, 0.3) is 6.08 Å². The van der Waals surface area contributed by atoms with E-state index in [2.05, 4.69) is 6.58 Å². The van der Waals surface area contributed by atoms with Crippen molar-refractivity contribution in [2.45, 2.75) is 28.5 Å². The molecular weight excluding hydrogens is 546 g/mol. The molecule has 0 spiro atoms. The van der Waals surface area contributed by atoms with Crippen LogP contribution in [-0.4, -0.2) is 50.4 Å². The molecule has 4 aliphatic rings. The molecule has 4 amide bonds. The summed E-state index contributed by atoms with van der Waals surface area (Å²) in [7, 11) is 1.28. The largest absolute Gasteiger partial charge is 0.505 e. The van der Waals surface area contributed by atoms with Gasteiger partial charge in [-0.3, -0.25) is 29.0 Å². The van der Waals surface area contributed by atoms with E-state index >= 15 is 0 Å². The molecule has 0 unspecified atom stereocenters. The molecular formula is C29H23Cl2FN2O5. The molecule has 6 rings (SSSR count). The first kappa shape index (κ1) is 25.8. The van der Waals surface area contributed by atoms with E-state index in [4.69, 9.17) is 23.2 Å². The number of rotatable bonds is 3. The van der Waals surface area contributed by atoms with Crippen molar-refractivity contribution in [2.24, 2.45) is 17.8 Å². The minimum atomic E-state index is -2.01. The van der Waals surface area contributed by atoms with Crippen LogP contribution < -0.4 is 4.90 Å². The van der Waals surface area contributed by atoms with Crippen LogP contribution in [0.15, 0.2) is 60.7 Å². The third-order valence-corrected chi connectivity index (χ3v) is 10.1. The van der Waals surface area contributed by atoms with E-state index in [0.29, 0.717) is 11.3 Å². The number of phenols is 1. The van der Waals surface area contributed by atoms with Crippen LogP contribution in [-0.2, 0) is 19.2 Å². The fraction of sp³-hybridized carbons (Fsp3) is 0.310. The van der Waals surface area contributed by atoms with Crippen molar-refractivity contribution >= 4 is 58.6 Å². The Morgan fingerprint density at radius 1 is 1.03 bits per heavy atom. The van der Waals surface area contributed by atoms with Gasteiger partial charge in [-0.25, -0.2) is 4.39 Å². The first-order valence-corrected chi connectivity index (χ1v) is 13.2. The highest BCUT2D eigenvalue weighted by Gasteiger charge is 2.75. The van der Waals surface area contributed by atoms with E-state index in [1.807, 2.05) is 0 Å². The highest BCUT2D eigenvalue weighted by molar-refractivity contribution is 6.53. The van der Waals surface area contributed by atoms with E-state index < -0.39 is 62.7 Å². The molecule has 0 aromatic heterocycles. The van der Waals surface area contributed by atoms with Crippen LogP contribution >= 0.6 is 23.2 Å². The fourth-order valence-corrected chi connectivity index (χ4v) is 7.85. The lowest BCUT2D eigenvalue weighted by Crippen LogP contribution is -2.60. The summed E-state index contributed by atoms with van der Waals surface area (Å²) in [5, 5.41) is 9.80. The van der Waals surface area contributed by atoms with Gasteiger partial charge in [0, 0.05) is 13.0 Å². The smallest absolute Gasteiger partial charge is 0.253 e. The van der Waals surface area contributed by atoms with Gasteiger partial charge in [-0.1, -0.05) is 42.5 Å². The Kier molecular flexibility index (Phi) is 5.62. The Morgan fingerprint density at radius 3 is 2.36 bits per heavy atom. The summed E-state index contributed by atoms with van der Waals surface area (Å²) in [4.78, 5) is 52.4. The van der Waals surface area contributed by atoms with Crippen LogP contribution in [0, 0.1) is 23.6 Å². The van der Waals surface area contributed by atoms with Gasteiger partial charge in [-0.2, -0.15) is 0 Å². The van der Waals surface area contributed by atoms with Gasteiger partial charge in [0.1, 0.15) is 0 Å². The average molecular weight is 569 g/mol. The maximum atomic E-state index is 14.6. The number of allylic oxidation sites excluding steroid dienone is 2. The van der Waals surface area contributed by atoms with Crippen LogP contribution in [0.1, 0.15) is 29.9 Å². The standard InChI is InChI=1S/C29H23Cl2FN2O5/c1-3-14-4-7-16(8-5-14)34-24(36)18-10-9-17-19(22(18)25(34)37)13-28(30)26(38)33(2)27(39)29(28,31)23(17)15-6-11-21(35)20(32)12-15/h3-9,11-12,18-19,22-23,35H,1,10,13H2,2H3/t18-,19+,22-,23-,28+,29-/m0/s1. The van der Waals surface area contributed by atoms with E-state index in [0.717, 1.165) is 27.5 Å². The molecule has 2 aromatic rings. The molecule has 0 radical (unpaired) electrons. The van der Waals surface area contributed by atoms with Gasteiger partial charge in [-0.15, -0.1) is 23.2 Å². The number of hydrogen-bond donors (Lipinski definition) is 1. The van der Waals surface area contributed by atoms with E-state index in [1.54, 1.807) is 36.4 Å². The molecule has 0 bridgehead atoms. The molecule has 39 heavy (non-hydrogen) atoms. The second kappa shape index (κ2) is 8.50. The number of amides is 4. The third-order valence-electron chi connectivity index (χ3n) is 8.71. The zero-order valence-electron chi connectivity index (χ0n) is 20.7. The third kappa shape index (κ3) is 3.22. The highest BCUT2D eigenvalue weighted by atomic mass is 35.5. The van der Waals surface area contributed by atoms with Crippen molar-refractivity contribution in [1.29, 1.82) is 0 Å². The van der Waals surface area contributed by atoms with Gasteiger partial charge < -0.3 is 5.11 Å². The maximum absolute atomic E-state index is 14.6. The predicted octanol–water partition coefficient (Wildman–Crippen LogP) is 4.37. The number of hydrogen-bond acceptors (Lipinski definition) is 5. The predicted molar refractivity (Wildman–Crippen MR) is 143 cm³/mol. The van der Waals surface area contributed by atoms with Crippen LogP contribution in [0.4, 0.5) is 10.1 Å². The second-order valence-corrected chi connectivity index (χ2v) is 11.8. The topological polar surface area (TPSA) is 95.0 Å². The number of carbonyl (C=O) groups is 4. The first-order chi connectivity index (χ1) is 18.5. The molecule has 2 heterocycles. The number of anilines is 1. The molecule has 2 aliphatic heterocycles. The summed E-state index contributed by atoms with van der Waals surface area (Å²) < 4.78 is 14.6. The number of alkyl halides is 2. The molecule has 2 aliphatic carbocycles. The Balaban J connectivity index is 1.50. The number of likely N-dealkylation sites (tertiary alicyclic amines) is 1. The summed E-state index contributed by atoms with van der Waals surface area (Å²) in [6.45, 7) is 3.72. The van der Waals surface area contributed by atoms with Gasteiger partial charge in [-0.05, 0) is 54.2 Å². The van der Waals surface area contributed by atoms with Gasteiger partial charge in [0.15, 0.2) is 21.3 Å². The monoisotopic (exact) mass is 568 g/mol. The first-order valence-electron chi connectivity index (χ1n) is 12.4. The Bertz CT molecular complexity index is 1520. The van der Waals surface area contributed by atoms with Gasteiger partial charge in [0.05, 0.1) is 17.5 Å². The fourth-order valence-electron chi connectivity index (χ4n) is 6.83. The van der Waals surface area contributed by atoms with Crippen LogP contribution in [0.3, 0.4) is 0 Å². The number of halogens is 3. The van der Waals surface area contributed by atoms with Gasteiger partial charge in [0.2, 0.25) is 11.8 Å². The summed E-state index contributed by atoms with van der Waals surface area (Å²) in [6.07, 6.45) is 3.46. The number of phenolic OH excluding ortho intramolecular Hbond substituents is 1. The van der Waals surface area contributed by atoms with E-state index in [-0.39, 0.29) is 24.3 Å². The van der Waals surface area contributed by atoms with Crippen molar-refractivity contribution in [3.05, 3.63) is 77.6 Å². The van der Waals surface area contributed by atoms with Gasteiger partial charge in [0.25, 0.3) is 11.8 Å². The lowest BCUT2D eigenvalue weighted by molar-refractivity contribution is -0.138. The lowest BCUT2D eigenvalue weighted by atomic mass is 9.56. The lowest BCUT2D eigenvalue weighted by Gasteiger charge is -2.50. The highest BCUT2D eigenvalue weighted by Crippen LogP contribution is 2.65. The molecule has 7 nitrogen and oxygen atoms in total. The Morgan fingerprint density at radius 2 is 1.72 bits per heavy atom. The number of nitrogens with zero attached hydrogens (tertiary/aromatic N) is 2. The minimum absolute atomic E-state index is 0.153. The minimum Gasteiger partial charge on any atom is -0.505 e. The summed E-state index contributed by atoms with van der Waals surface area (Å²) in [5.41, 5.74) is 2.02. The molecule has 6 atom stereocenters. The second-order valence-electron chi connectivity index (χ2n) is 10.5. The van der Waals surface area contributed by atoms with Crippen molar-refractivity contribution < 1.29 is 28.7 Å². The summed E-state index contributed by atoms with van der Waals surface area (Å²) >= 11 is 14.1. The van der Waals surface area contributed by atoms with Crippen molar-refractivity contribution in [2.75, 3.05) is 11.9 Å². The van der Waals surface area contributed by atoms with Crippen molar-refractivity contribution in [3.63, 3.8) is 0 Å².